The summed E-state index contributed by atoms with van der Waals surface area (Å²) in [7, 11) is 0. The highest BCUT2D eigenvalue weighted by Gasteiger charge is 2.26. The molecule has 1 aromatic carbocycles. The number of hydrogen-bond donors (Lipinski definition) is 2. The van der Waals surface area contributed by atoms with Crippen LogP contribution in [0.3, 0.4) is 0 Å². The van der Waals surface area contributed by atoms with Gasteiger partial charge in [0.2, 0.25) is 0 Å². The van der Waals surface area contributed by atoms with Gasteiger partial charge in [-0.25, -0.2) is 0 Å². The molecule has 2 N–H and O–H groups in total. The number of fused-ring (bicyclic) bond motifs is 1. The van der Waals surface area contributed by atoms with Gasteiger partial charge in [-0.15, -0.1) is 0 Å². The number of aromatic nitrogens is 1. The Hall–Kier alpha value is -1.01. The molecule has 27 heavy (non-hydrogen) atoms. The Morgan fingerprint density at radius 1 is 1.07 bits per heavy atom. The lowest BCUT2D eigenvalue weighted by Crippen LogP contribution is -2.42. The summed E-state index contributed by atoms with van der Waals surface area (Å²) in [6.07, 6.45) is 7.86. The van der Waals surface area contributed by atoms with Gasteiger partial charge in [0.25, 0.3) is 0 Å². The Bertz CT molecular complexity index is 763. The van der Waals surface area contributed by atoms with E-state index in [1.807, 2.05) is 0 Å². The highest BCUT2D eigenvalue weighted by atomic mass is 32.2. The maximum Gasteiger partial charge on any atom is 0.0460 e. The van der Waals surface area contributed by atoms with Crippen molar-refractivity contribution in [1.29, 1.82) is 0 Å². The van der Waals surface area contributed by atoms with Crippen LogP contribution in [-0.4, -0.2) is 65.8 Å². The van der Waals surface area contributed by atoms with Crippen LogP contribution in [0.25, 0.3) is 10.9 Å². The normalized spacial score (nSPS) is 26.1. The molecule has 1 aliphatic carbocycles. The third kappa shape index (κ3) is 3.93. The van der Waals surface area contributed by atoms with Crippen LogP contribution in [0.1, 0.15) is 42.1 Å². The molecule has 2 aromatic rings. The van der Waals surface area contributed by atoms with Gasteiger partial charge in [0.05, 0.1) is 0 Å². The van der Waals surface area contributed by atoms with E-state index in [9.17, 15) is 0 Å². The van der Waals surface area contributed by atoms with Crippen LogP contribution in [-0.2, 0) is 6.54 Å². The molecular weight excluding hydrogens is 352 g/mol. The zero-order valence-corrected chi connectivity index (χ0v) is 17.1. The van der Waals surface area contributed by atoms with Gasteiger partial charge in [-0.2, -0.15) is 11.8 Å². The largest absolute Gasteiger partial charge is 0.361 e. The molecule has 2 saturated heterocycles. The highest BCUT2D eigenvalue weighted by molar-refractivity contribution is 7.99. The molecular formula is C22H32N4S. The van der Waals surface area contributed by atoms with Crippen molar-refractivity contribution in [3.05, 3.63) is 35.5 Å². The lowest BCUT2D eigenvalue weighted by Gasteiger charge is -2.36. The van der Waals surface area contributed by atoms with Gasteiger partial charge in [-0.05, 0) is 49.5 Å². The molecule has 1 atom stereocenters. The van der Waals surface area contributed by atoms with Crippen molar-refractivity contribution in [2.75, 3.05) is 45.0 Å². The molecule has 3 aliphatic rings. The lowest BCUT2D eigenvalue weighted by atomic mass is 9.91. The number of aromatic amines is 1. The molecule has 146 valence electrons. The van der Waals surface area contributed by atoms with E-state index in [0.29, 0.717) is 5.25 Å². The first-order valence-corrected chi connectivity index (χ1v) is 11.8. The topological polar surface area (TPSA) is 34.3 Å². The van der Waals surface area contributed by atoms with Crippen LogP contribution in [0.4, 0.5) is 0 Å². The number of nitrogens with zero attached hydrogens (tertiary/aromatic N) is 2. The number of thioether (sulfide) groups is 1. The van der Waals surface area contributed by atoms with Crippen molar-refractivity contribution in [3.63, 3.8) is 0 Å². The second-order valence-corrected chi connectivity index (χ2v) is 9.74. The van der Waals surface area contributed by atoms with E-state index in [0.717, 1.165) is 25.7 Å². The van der Waals surface area contributed by atoms with E-state index in [2.05, 4.69) is 56.3 Å². The van der Waals surface area contributed by atoms with E-state index < -0.39 is 0 Å². The summed E-state index contributed by atoms with van der Waals surface area (Å²) in [5, 5.41) is 5.53. The van der Waals surface area contributed by atoms with Crippen molar-refractivity contribution in [3.8, 4) is 0 Å². The lowest BCUT2D eigenvalue weighted by molar-refractivity contribution is 0.130. The van der Waals surface area contributed by atoms with Gasteiger partial charge in [0, 0.05) is 66.9 Å². The first kappa shape index (κ1) is 18.0. The summed E-state index contributed by atoms with van der Waals surface area (Å²) in [6.45, 7) is 8.31. The third-order valence-corrected chi connectivity index (χ3v) is 7.98. The molecule has 2 aliphatic heterocycles. The first-order chi connectivity index (χ1) is 13.4. The van der Waals surface area contributed by atoms with Crippen LogP contribution in [0.5, 0.6) is 0 Å². The number of hydrogen-bond acceptors (Lipinski definition) is 4. The minimum Gasteiger partial charge on any atom is -0.361 e. The van der Waals surface area contributed by atoms with E-state index in [1.165, 1.54) is 79.6 Å². The summed E-state index contributed by atoms with van der Waals surface area (Å²) < 4.78 is 0. The fourth-order valence-corrected chi connectivity index (χ4v) is 5.94. The number of rotatable bonds is 4. The zero-order chi connectivity index (χ0) is 18.1. The van der Waals surface area contributed by atoms with E-state index in [4.69, 9.17) is 0 Å². The Morgan fingerprint density at radius 2 is 2.04 bits per heavy atom. The Morgan fingerprint density at radius 3 is 2.85 bits per heavy atom. The molecule has 4 nitrogen and oxygen atoms in total. The van der Waals surface area contributed by atoms with Crippen LogP contribution in [0.2, 0.25) is 0 Å². The Balaban J connectivity index is 1.26. The van der Waals surface area contributed by atoms with Crippen molar-refractivity contribution < 1.29 is 0 Å². The summed E-state index contributed by atoms with van der Waals surface area (Å²) in [4.78, 5) is 8.97. The fraction of sp³-hybridized carbons (Fsp3) is 0.636. The summed E-state index contributed by atoms with van der Waals surface area (Å²) in [5.41, 5.74) is 4.22. The van der Waals surface area contributed by atoms with Crippen molar-refractivity contribution >= 4 is 22.7 Å². The van der Waals surface area contributed by atoms with Gasteiger partial charge >= 0.3 is 0 Å². The van der Waals surface area contributed by atoms with Crippen molar-refractivity contribution in [1.82, 2.24) is 20.1 Å². The molecule has 0 spiro atoms. The Kier molecular flexibility index (Phi) is 5.45. The van der Waals surface area contributed by atoms with Crippen molar-refractivity contribution in [2.45, 2.75) is 43.5 Å². The number of nitrogens with one attached hydrogen (secondary N) is 2. The zero-order valence-electron chi connectivity index (χ0n) is 16.3. The van der Waals surface area contributed by atoms with Crippen LogP contribution >= 0.6 is 11.8 Å². The SMILES string of the molecule is c1cc2c(CN3CCCN(C4CCC4)CC3)c[nH]c2cc1C1CNCCS1. The monoisotopic (exact) mass is 384 g/mol. The van der Waals surface area contributed by atoms with E-state index >= 15 is 0 Å². The average Bonchev–Trinajstić information content (AvgIpc) is 2.92. The third-order valence-electron chi connectivity index (χ3n) is 6.70. The fourth-order valence-electron chi connectivity index (χ4n) is 4.82. The van der Waals surface area contributed by atoms with Gasteiger partial charge in [0.1, 0.15) is 0 Å². The molecule has 5 rings (SSSR count). The average molecular weight is 385 g/mol. The standard InChI is InChI=1S/C22H32N4S/c1-3-19(4-1)26-9-2-8-25(10-11-26)16-18-14-24-21-13-17(5-6-20(18)21)22-15-23-7-12-27-22/h5-6,13-14,19,22-24H,1-4,7-12,15-16H2. The van der Waals surface area contributed by atoms with Crippen LogP contribution in [0, 0.1) is 0 Å². The number of H-pyrrole nitrogens is 1. The second kappa shape index (κ2) is 8.16. The molecule has 1 saturated carbocycles. The second-order valence-electron chi connectivity index (χ2n) is 8.43. The van der Waals surface area contributed by atoms with Crippen LogP contribution in [0.15, 0.2) is 24.4 Å². The molecule has 3 heterocycles. The van der Waals surface area contributed by atoms with Gasteiger partial charge in [-0.3, -0.25) is 9.80 Å². The molecule has 3 fully saturated rings. The minimum atomic E-state index is 0.595. The smallest absolute Gasteiger partial charge is 0.0460 e. The van der Waals surface area contributed by atoms with Gasteiger partial charge < -0.3 is 10.3 Å². The molecule has 0 radical (unpaired) electrons. The van der Waals surface area contributed by atoms with Gasteiger partial charge in [-0.1, -0.05) is 18.6 Å². The predicted octanol–water partition coefficient (Wildman–Crippen LogP) is 3.61. The van der Waals surface area contributed by atoms with Crippen molar-refractivity contribution in [2.24, 2.45) is 0 Å². The van der Waals surface area contributed by atoms with Gasteiger partial charge in [0.15, 0.2) is 0 Å². The minimum absolute atomic E-state index is 0.595. The quantitative estimate of drug-likeness (QED) is 0.844. The molecule has 0 bridgehead atoms. The van der Waals surface area contributed by atoms with E-state index in [1.54, 1.807) is 0 Å². The number of benzene rings is 1. The Labute approximate surface area is 167 Å². The highest BCUT2D eigenvalue weighted by Crippen LogP contribution is 2.33. The maximum atomic E-state index is 3.55. The van der Waals surface area contributed by atoms with Crippen LogP contribution < -0.4 is 5.32 Å². The molecule has 0 amide bonds. The van der Waals surface area contributed by atoms with E-state index in [-0.39, 0.29) is 0 Å². The molecule has 1 unspecified atom stereocenters. The maximum absolute atomic E-state index is 3.55. The summed E-state index contributed by atoms with van der Waals surface area (Å²) in [5.74, 6) is 1.21. The first-order valence-electron chi connectivity index (χ1n) is 10.8. The summed E-state index contributed by atoms with van der Waals surface area (Å²) >= 11 is 2.08. The predicted molar refractivity (Wildman–Crippen MR) is 115 cm³/mol. The summed E-state index contributed by atoms with van der Waals surface area (Å²) in [6, 6.07) is 7.98. The molecule has 5 heteroatoms. The molecule has 1 aromatic heterocycles.